The fraction of sp³-hybridized carbons (Fsp3) is 0.182. The molecule has 0 atom stereocenters. The van der Waals surface area contributed by atoms with Crippen LogP contribution in [-0.4, -0.2) is 20.6 Å². The van der Waals surface area contributed by atoms with Crippen LogP contribution in [0.15, 0.2) is 30.7 Å². The summed E-state index contributed by atoms with van der Waals surface area (Å²) in [6, 6.07) is 3.27. The highest BCUT2D eigenvalue weighted by Crippen LogP contribution is 2.18. The highest BCUT2D eigenvalue weighted by molar-refractivity contribution is 5.95. The number of aryl methyl sites for hydroxylation is 1. The monoisotopic (exact) mass is 231 g/mol. The number of rotatable bonds is 4. The maximum atomic E-state index is 7.32. The van der Waals surface area contributed by atoms with E-state index in [-0.39, 0.29) is 5.84 Å². The van der Waals surface area contributed by atoms with Gasteiger partial charge in [-0.25, -0.2) is 4.98 Å². The van der Waals surface area contributed by atoms with Crippen LogP contribution in [0.25, 0.3) is 0 Å². The van der Waals surface area contributed by atoms with Crippen LogP contribution in [0.5, 0.6) is 11.6 Å². The normalized spacial score (nSPS) is 10.2. The van der Waals surface area contributed by atoms with E-state index in [1.165, 1.54) is 0 Å². The van der Waals surface area contributed by atoms with Crippen LogP contribution in [0.2, 0.25) is 0 Å². The number of hydrogen-bond acceptors (Lipinski definition) is 4. The van der Waals surface area contributed by atoms with Crippen LogP contribution < -0.4 is 10.5 Å². The minimum absolute atomic E-state index is 0.0125. The molecule has 0 spiro atoms. The van der Waals surface area contributed by atoms with Crippen molar-refractivity contribution < 1.29 is 4.74 Å². The number of nitrogen functional groups attached to an aromatic ring is 1. The van der Waals surface area contributed by atoms with Gasteiger partial charge >= 0.3 is 0 Å². The maximum Gasteiger partial charge on any atom is 0.220 e. The third-order valence-corrected chi connectivity index (χ3v) is 2.20. The molecule has 2 rings (SSSR count). The molecule has 0 fully saturated rings. The topological polar surface area (TPSA) is 89.8 Å². The maximum absolute atomic E-state index is 7.32. The van der Waals surface area contributed by atoms with Crippen molar-refractivity contribution in [2.45, 2.75) is 13.5 Å². The Morgan fingerprint density at radius 1 is 1.59 bits per heavy atom. The molecule has 88 valence electrons. The first-order valence-corrected chi connectivity index (χ1v) is 5.20. The molecule has 0 amide bonds. The zero-order chi connectivity index (χ0) is 12.3. The number of aromatic nitrogens is 3. The highest BCUT2D eigenvalue weighted by Gasteiger charge is 2.04. The van der Waals surface area contributed by atoms with Crippen molar-refractivity contribution in [1.29, 1.82) is 5.41 Å². The summed E-state index contributed by atoms with van der Waals surface area (Å²) in [5.74, 6) is 0.995. The summed E-state index contributed by atoms with van der Waals surface area (Å²) < 4.78 is 7.26. The summed E-state index contributed by atoms with van der Waals surface area (Å²) in [6.45, 7) is 2.77. The first kappa shape index (κ1) is 11.1. The predicted molar refractivity (Wildman–Crippen MR) is 63.2 cm³/mol. The van der Waals surface area contributed by atoms with Gasteiger partial charge in [0.05, 0.1) is 12.4 Å². The Hall–Kier alpha value is -2.37. The van der Waals surface area contributed by atoms with E-state index in [2.05, 4.69) is 10.1 Å². The molecule has 2 aromatic rings. The summed E-state index contributed by atoms with van der Waals surface area (Å²) in [5, 5.41) is 11.4. The van der Waals surface area contributed by atoms with Crippen LogP contribution in [0.3, 0.4) is 0 Å². The molecule has 0 saturated carbocycles. The van der Waals surface area contributed by atoms with Crippen LogP contribution >= 0.6 is 0 Å². The van der Waals surface area contributed by atoms with Crippen LogP contribution in [-0.2, 0) is 6.54 Å². The van der Waals surface area contributed by atoms with E-state index in [9.17, 15) is 0 Å². The molecule has 17 heavy (non-hydrogen) atoms. The zero-order valence-corrected chi connectivity index (χ0v) is 9.42. The molecule has 0 radical (unpaired) electrons. The lowest BCUT2D eigenvalue weighted by Crippen LogP contribution is -2.11. The largest absolute Gasteiger partial charge is 0.436 e. The van der Waals surface area contributed by atoms with Gasteiger partial charge in [-0.05, 0) is 13.0 Å². The van der Waals surface area contributed by atoms with E-state index in [1.807, 2.05) is 6.92 Å². The van der Waals surface area contributed by atoms with Crippen molar-refractivity contribution in [1.82, 2.24) is 14.8 Å². The van der Waals surface area contributed by atoms with Crippen LogP contribution in [0.1, 0.15) is 12.5 Å². The van der Waals surface area contributed by atoms with Crippen molar-refractivity contribution in [3.8, 4) is 11.6 Å². The first-order chi connectivity index (χ1) is 8.19. The molecule has 3 N–H and O–H groups in total. The molecule has 0 aliphatic heterocycles. The van der Waals surface area contributed by atoms with E-state index >= 15 is 0 Å². The second-order valence-corrected chi connectivity index (χ2v) is 3.43. The van der Waals surface area contributed by atoms with E-state index < -0.39 is 0 Å². The molecular weight excluding hydrogens is 218 g/mol. The summed E-state index contributed by atoms with van der Waals surface area (Å²) in [5.41, 5.74) is 5.97. The molecule has 0 saturated heterocycles. The van der Waals surface area contributed by atoms with Crippen LogP contribution in [0.4, 0.5) is 0 Å². The van der Waals surface area contributed by atoms with E-state index in [1.54, 1.807) is 35.4 Å². The van der Waals surface area contributed by atoms with E-state index in [0.29, 0.717) is 17.2 Å². The lowest BCUT2D eigenvalue weighted by atomic mass is 10.2. The average molecular weight is 231 g/mol. The fourth-order valence-corrected chi connectivity index (χ4v) is 1.32. The van der Waals surface area contributed by atoms with Gasteiger partial charge in [-0.15, -0.1) is 0 Å². The minimum Gasteiger partial charge on any atom is -0.436 e. The average Bonchev–Trinajstić information content (AvgIpc) is 2.77. The summed E-state index contributed by atoms with van der Waals surface area (Å²) in [6.07, 6.45) is 4.95. The quantitative estimate of drug-likeness (QED) is 0.614. The first-order valence-electron chi connectivity index (χ1n) is 5.20. The number of nitrogens with one attached hydrogen (secondary N) is 1. The Morgan fingerprint density at radius 3 is 3.06 bits per heavy atom. The molecule has 6 heteroatoms. The molecule has 2 aromatic heterocycles. The van der Waals surface area contributed by atoms with Crippen molar-refractivity contribution >= 4 is 5.84 Å². The molecule has 0 aliphatic carbocycles. The van der Waals surface area contributed by atoms with Gasteiger partial charge in [0, 0.05) is 24.4 Å². The van der Waals surface area contributed by atoms with Crippen molar-refractivity contribution in [3.05, 3.63) is 36.3 Å². The molecular formula is C11H13N5O. The van der Waals surface area contributed by atoms with Crippen LogP contribution in [0, 0.1) is 5.41 Å². The Labute approximate surface area is 98.5 Å². The number of hydrogen-bond donors (Lipinski definition) is 2. The second kappa shape index (κ2) is 4.65. The summed E-state index contributed by atoms with van der Waals surface area (Å²) in [4.78, 5) is 4.04. The molecule has 0 aromatic carbocycles. The molecule has 0 bridgehead atoms. The van der Waals surface area contributed by atoms with Gasteiger partial charge in [0.1, 0.15) is 5.84 Å². The zero-order valence-electron chi connectivity index (χ0n) is 9.42. The second-order valence-electron chi connectivity index (χ2n) is 3.43. The van der Waals surface area contributed by atoms with E-state index in [4.69, 9.17) is 15.9 Å². The van der Waals surface area contributed by atoms with Gasteiger partial charge in [0.2, 0.25) is 5.88 Å². The third-order valence-electron chi connectivity index (χ3n) is 2.20. The van der Waals surface area contributed by atoms with Gasteiger partial charge in [-0.1, -0.05) is 0 Å². The standard InChI is InChI=1S/C11H13N5O/c1-2-16-7-9(6-15-16)17-10-5-8(11(12)13)3-4-14-10/h3-7H,2H2,1H3,(H3,12,13). The summed E-state index contributed by atoms with van der Waals surface area (Å²) in [7, 11) is 0. The molecule has 6 nitrogen and oxygen atoms in total. The molecule has 0 unspecified atom stereocenters. The lowest BCUT2D eigenvalue weighted by Gasteiger charge is -2.03. The SMILES string of the molecule is CCn1cc(Oc2cc(C(=N)N)ccn2)cn1. The third kappa shape index (κ3) is 2.60. The highest BCUT2D eigenvalue weighted by atomic mass is 16.5. The number of ether oxygens (including phenoxy) is 1. The predicted octanol–water partition coefficient (Wildman–Crippen LogP) is 1.37. The number of nitrogens with zero attached hydrogens (tertiary/aromatic N) is 3. The van der Waals surface area contributed by atoms with E-state index in [0.717, 1.165) is 6.54 Å². The Balaban J connectivity index is 2.18. The minimum atomic E-state index is -0.0125. The van der Waals surface area contributed by atoms with Gasteiger partial charge in [-0.3, -0.25) is 10.1 Å². The number of amidine groups is 1. The number of pyridine rings is 1. The van der Waals surface area contributed by atoms with Crippen molar-refractivity contribution in [2.75, 3.05) is 0 Å². The lowest BCUT2D eigenvalue weighted by molar-refractivity contribution is 0.461. The fourth-order valence-electron chi connectivity index (χ4n) is 1.32. The van der Waals surface area contributed by atoms with Gasteiger partial charge < -0.3 is 10.5 Å². The molecule has 2 heterocycles. The van der Waals surface area contributed by atoms with Crippen molar-refractivity contribution in [3.63, 3.8) is 0 Å². The van der Waals surface area contributed by atoms with Crippen molar-refractivity contribution in [2.24, 2.45) is 5.73 Å². The van der Waals surface area contributed by atoms with Gasteiger partial charge in [0.25, 0.3) is 0 Å². The number of nitrogens with two attached hydrogens (primary N) is 1. The summed E-state index contributed by atoms with van der Waals surface area (Å²) >= 11 is 0. The van der Waals surface area contributed by atoms with Gasteiger partial charge in [-0.2, -0.15) is 5.10 Å². The molecule has 0 aliphatic rings. The Kier molecular flexibility index (Phi) is 3.04. The smallest absolute Gasteiger partial charge is 0.220 e. The Morgan fingerprint density at radius 2 is 2.41 bits per heavy atom. The Bertz CT molecular complexity index is 534. The van der Waals surface area contributed by atoms with Gasteiger partial charge in [0.15, 0.2) is 5.75 Å².